The molecule has 4 N–H and O–H groups in total. The third-order valence-corrected chi connectivity index (χ3v) is 2.11. The number of rotatable bonds is 8. The summed E-state index contributed by atoms with van der Waals surface area (Å²) in [6, 6.07) is 1.27. The van der Waals surface area contributed by atoms with E-state index in [1.54, 1.807) is 7.11 Å². The lowest BCUT2D eigenvalue weighted by molar-refractivity contribution is -0.144. The van der Waals surface area contributed by atoms with Crippen molar-refractivity contribution in [3.63, 3.8) is 0 Å². The summed E-state index contributed by atoms with van der Waals surface area (Å²) in [5, 5.41) is 2.70. The fourth-order valence-corrected chi connectivity index (χ4v) is 1.23. The summed E-state index contributed by atoms with van der Waals surface area (Å²) >= 11 is 0. The number of nitrogens with zero attached hydrogens (tertiary/aromatic N) is 2. The molecule has 0 aromatic carbocycles. The van der Waals surface area contributed by atoms with E-state index >= 15 is 0 Å². The molecule has 1 aromatic heterocycles. The van der Waals surface area contributed by atoms with Crippen molar-refractivity contribution < 1.29 is 22.6 Å². The molecule has 0 atom stereocenters. The van der Waals surface area contributed by atoms with Gasteiger partial charge in [-0.2, -0.15) is 13.2 Å². The van der Waals surface area contributed by atoms with Crippen LogP contribution in [0.1, 0.15) is 5.82 Å². The molecule has 7 nitrogen and oxygen atoms in total. The summed E-state index contributed by atoms with van der Waals surface area (Å²) in [7, 11) is 1.54. The molecule has 1 heterocycles. The summed E-state index contributed by atoms with van der Waals surface area (Å²) in [6.07, 6.45) is -4.64. The first-order chi connectivity index (χ1) is 9.47. The Hall–Kier alpha value is -1.65. The average Bonchev–Trinajstić information content (AvgIpc) is 2.41. The Morgan fingerprint density at radius 1 is 1.20 bits per heavy atom. The first-order valence-corrected chi connectivity index (χ1v) is 5.71. The van der Waals surface area contributed by atoms with Crippen molar-refractivity contribution in [3.8, 4) is 0 Å². The summed E-state index contributed by atoms with van der Waals surface area (Å²) in [5.74, 6) is 3.68. The van der Waals surface area contributed by atoms with Crippen LogP contribution in [0, 0.1) is 0 Å². The minimum atomic E-state index is -4.64. The molecule has 0 unspecified atom stereocenters. The second-order valence-corrected chi connectivity index (χ2v) is 3.64. The van der Waals surface area contributed by atoms with Crippen LogP contribution < -0.4 is 16.6 Å². The number of hydrazine groups is 1. The standard InChI is InChI=1S/C10H16F3N5O2/c1-19-4-5-20-3-2-15-7-6-8(18-14)17-9(16-7)10(11,12)13/h6H,2-5,14H2,1H3,(H2,15,16,17,18). The van der Waals surface area contributed by atoms with E-state index in [9.17, 15) is 13.2 Å². The van der Waals surface area contributed by atoms with Crippen LogP contribution in [0.3, 0.4) is 0 Å². The Morgan fingerprint density at radius 3 is 2.50 bits per heavy atom. The van der Waals surface area contributed by atoms with E-state index in [1.807, 2.05) is 0 Å². The molecule has 0 aliphatic heterocycles. The maximum absolute atomic E-state index is 12.6. The van der Waals surface area contributed by atoms with Gasteiger partial charge < -0.3 is 20.2 Å². The molecule has 114 valence electrons. The van der Waals surface area contributed by atoms with Crippen LogP contribution in [0.5, 0.6) is 0 Å². The molecule has 0 amide bonds. The van der Waals surface area contributed by atoms with Gasteiger partial charge in [-0.3, -0.25) is 0 Å². The minimum absolute atomic E-state index is 0.00983. The number of methoxy groups -OCH3 is 1. The molecule has 20 heavy (non-hydrogen) atoms. The number of halogens is 3. The highest BCUT2D eigenvalue weighted by atomic mass is 19.4. The fraction of sp³-hybridized carbons (Fsp3) is 0.600. The van der Waals surface area contributed by atoms with Gasteiger partial charge in [-0.05, 0) is 0 Å². The summed E-state index contributed by atoms with van der Waals surface area (Å²) in [5.41, 5.74) is 2.06. The Balaban J connectivity index is 2.56. The quantitative estimate of drug-likeness (QED) is 0.372. The van der Waals surface area contributed by atoms with Crippen molar-refractivity contribution in [2.75, 3.05) is 44.2 Å². The van der Waals surface area contributed by atoms with Gasteiger partial charge in [-0.1, -0.05) is 0 Å². The van der Waals surface area contributed by atoms with Gasteiger partial charge in [0.25, 0.3) is 0 Å². The molecule has 0 saturated carbocycles. The smallest absolute Gasteiger partial charge is 0.382 e. The number of alkyl halides is 3. The highest BCUT2D eigenvalue weighted by Gasteiger charge is 2.35. The maximum Gasteiger partial charge on any atom is 0.451 e. The first-order valence-electron chi connectivity index (χ1n) is 5.71. The number of anilines is 2. The number of aromatic nitrogens is 2. The lowest BCUT2D eigenvalue weighted by Gasteiger charge is -2.11. The number of hydrogen-bond donors (Lipinski definition) is 3. The summed E-state index contributed by atoms with van der Waals surface area (Å²) in [4.78, 5) is 6.60. The fourth-order valence-electron chi connectivity index (χ4n) is 1.23. The monoisotopic (exact) mass is 295 g/mol. The molecule has 10 heteroatoms. The molecule has 0 bridgehead atoms. The molecule has 0 aliphatic carbocycles. The minimum Gasteiger partial charge on any atom is -0.382 e. The van der Waals surface area contributed by atoms with Gasteiger partial charge in [0.05, 0.1) is 19.8 Å². The predicted octanol–water partition coefficient (Wildman–Crippen LogP) is 0.856. The molecule has 0 fully saturated rings. The zero-order valence-corrected chi connectivity index (χ0v) is 10.8. The highest BCUT2D eigenvalue weighted by Crippen LogP contribution is 2.28. The molecule has 1 aromatic rings. The number of nitrogens with one attached hydrogen (secondary N) is 2. The van der Waals surface area contributed by atoms with Crippen LogP contribution in [0.25, 0.3) is 0 Å². The van der Waals surface area contributed by atoms with Crippen molar-refractivity contribution in [1.29, 1.82) is 0 Å². The molecule has 0 spiro atoms. The van der Waals surface area contributed by atoms with Crippen molar-refractivity contribution in [1.82, 2.24) is 9.97 Å². The van der Waals surface area contributed by atoms with E-state index in [-0.39, 0.29) is 11.6 Å². The Kier molecular flexibility index (Phi) is 6.42. The van der Waals surface area contributed by atoms with Gasteiger partial charge in [-0.15, -0.1) is 0 Å². The summed E-state index contributed by atoms with van der Waals surface area (Å²) in [6.45, 7) is 1.46. The third kappa shape index (κ3) is 5.55. The van der Waals surface area contributed by atoms with E-state index in [0.717, 1.165) is 0 Å². The van der Waals surface area contributed by atoms with Gasteiger partial charge in [-0.25, -0.2) is 15.8 Å². The molecule has 0 radical (unpaired) electrons. The predicted molar refractivity (Wildman–Crippen MR) is 66.0 cm³/mol. The van der Waals surface area contributed by atoms with E-state index in [0.29, 0.717) is 26.4 Å². The zero-order valence-electron chi connectivity index (χ0n) is 10.8. The summed E-state index contributed by atoms with van der Waals surface area (Å²) < 4.78 is 47.6. The molecule has 1 rings (SSSR count). The van der Waals surface area contributed by atoms with Crippen molar-refractivity contribution in [2.24, 2.45) is 5.84 Å². The Bertz CT molecular complexity index is 416. The lowest BCUT2D eigenvalue weighted by Crippen LogP contribution is -2.18. The van der Waals surface area contributed by atoms with Crippen LogP contribution in [0.2, 0.25) is 0 Å². The number of ether oxygens (including phenoxy) is 2. The van der Waals surface area contributed by atoms with Crippen LogP contribution in [0.4, 0.5) is 24.8 Å². The third-order valence-electron chi connectivity index (χ3n) is 2.11. The van der Waals surface area contributed by atoms with Crippen LogP contribution in [-0.2, 0) is 15.7 Å². The van der Waals surface area contributed by atoms with E-state index in [4.69, 9.17) is 15.3 Å². The molecular formula is C10H16F3N5O2. The Labute approximate surface area is 113 Å². The van der Waals surface area contributed by atoms with Crippen molar-refractivity contribution in [3.05, 3.63) is 11.9 Å². The zero-order chi connectivity index (χ0) is 15.0. The van der Waals surface area contributed by atoms with E-state index in [2.05, 4.69) is 20.7 Å². The molecule has 0 aliphatic rings. The highest BCUT2D eigenvalue weighted by molar-refractivity contribution is 5.47. The van der Waals surface area contributed by atoms with Crippen LogP contribution in [0.15, 0.2) is 6.07 Å². The van der Waals surface area contributed by atoms with Gasteiger partial charge in [0.15, 0.2) is 0 Å². The first kappa shape index (κ1) is 16.4. The van der Waals surface area contributed by atoms with E-state index in [1.165, 1.54) is 6.07 Å². The topological polar surface area (TPSA) is 94.3 Å². The number of hydrogen-bond acceptors (Lipinski definition) is 7. The second kappa shape index (κ2) is 7.82. The van der Waals surface area contributed by atoms with Crippen LogP contribution >= 0.6 is 0 Å². The SMILES string of the molecule is COCCOCCNc1cc(NN)nc(C(F)(F)F)n1. The normalized spacial score (nSPS) is 11.4. The second-order valence-electron chi connectivity index (χ2n) is 3.64. The van der Waals surface area contributed by atoms with Gasteiger partial charge >= 0.3 is 6.18 Å². The number of nitrogens with two attached hydrogens (primary N) is 1. The van der Waals surface area contributed by atoms with E-state index < -0.39 is 12.0 Å². The van der Waals surface area contributed by atoms with Crippen molar-refractivity contribution >= 4 is 11.6 Å². The molecule has 0 saturated heterocycles. The Morgan fingerprint density at radius 2 is 1.90 bits per heavy atom. The molecular weight excluding hydrogens is 279 g/mol. The van der Waals surface area contributed by atoms with Gasteiger partial charge in [0.2, 0.25) is 5.82 Å². The largest absolute Gasteiger partial charge is 0.451 e. The number of nitrogen functional groups attached to an aromatic ring is 1. The van der Waals surface area contributed by atoms with Crippen LogP contribution in [-0.4, -0.2) is 43.4 Å². The van der Waals surface area contributed by atoms with Gasteiger partial charge in [0, 0.05) is 19.7 Å². The van der Waals surface area contributed by atoms with Crippen molar-refractivity contribution in [2.45, 2.75) is 6.18 Å². The lowest BCUT2D eigenvalue weighted by atomic mass is 10.4. The average molecular weight is 295 g/mol. The van der Waals surface area contributed by atoms with Gasteiger partial charge in [0.1, 0.15) is 11.6 Å². The maximum atomic E-state index is 12.6.